The number of carboxylic acid groups (broad SMARTS) is 1. The van der Waals surface area contributed by atoms with Gasteiger partial charge in [0.2, 0.25) is 0 Å². The lowest BCUT2D eigenvalue weighted by Gasteiger charge is -2.23. The van der Waals surface area contributed by atoms with Crippen LogP contribution in [0.4, 0.5) is 10.8 Å². The highest BCUT2D eigenvalue weighted by Gasteiger charge is 2.48. The second kappa shape index (κ2) is 13.2. The minimum atomic E-state index is -1.26. The van der Waals surface area contributed by atoms with E-state index in [2.05, 4.69) is 4.98 Å². The van der Waals surface area contributed by atoms with Gasteiger partial charge in [0.15, 0.2) is 5.13 Å². The number of nitrogens with zero attached hydrogens (tertiary/aromatic N) is 3. The number of hydrogen-bond donors (Lipinski definition) is 2. The maximum atomic E-state index is 13.4. The number of aliphatic carboxylic acids is 1. The Morgan fingerprint density at radius 1 is 1.12 bits per heavy atom. The Balaban J connectivity index is 0.00000119. The first-order valence-electron chi connectivity index (χ1n) is 12.8. The van der Waals surface area contributed by atoms with Gasteiger partial charge in [-0.05, 0) is 57.0 Å². The summed E-state index contributed by atoms with van der Waals surface area (Å²) >= 11 is 0.836. The van der Waals surface area contributed by atoms with Crippen LogP contribution in [-0.4, -0.2) is 57.0 Å². The number of rotatable bonds is 7. The van der Waals surface area contributed by atoms with Crippen LogP contribution in [-0.2, 0) is 19.1 Å². The van der Waals surface area contributed by atoms with Gasteiger partial charge in [-0.25, -0.2) is 9.78 Å². The van der Waals surface area contributed by atoms with Crippen molar-refractivity contribution < 1.29 is 43.8 Å². The van der Waals surface area contributed by atoms with Crippen LogP contribution in [0.2, 0.25) is 0 Å². The number of non-ortho nitro benzene ring substituents is 1. The summed E-state index contributed by atoms with van der Waals surface area (Å²) in [6, 6.07) is 9.00. The molecule has 226 valence electrons. The van der Waals surface area contributed by atoms with Gasteiger partial charge in [-0.1, -0.05) is 23.5 Å². The number of thiazole rings is 1. The molecule has 0 saturated carbocycles. The summed E-state index contributed by atoms with van der Waals surface area (Å²) in [4.78, 5) is 64.4. The minimum absolute atomic E-state index is 0.00224. The molecule has 2 aromatic carbocycles. The summed E-state index contributed by atoms with van der Waals surface area (Å²) < 4.78 is 10.5. The number of Topliss-reactive ketones (excluding diaryl/α,β-unsaturated/α-hetero) is 1. The van der Waals surface area contributed by atoms with E-state index in [1.807, 2.05) is 13.8 Å². The van der Waals surface area contributed by atoms with Crippen molar-refractivity contribution in [2.45, 2.75) is 46.8 Å². The van der Waals surface area contributed by atoms with E-state index >= 15 is 0 Å². The van der Waals surface area contributed by atoms with Crippen LogP contribution in [0.25, 0.3) is 5.76 Å². The molecule has 3 aromatic rings. The maximum absolute atomic E-state index is 13.4. The van der Waals surface area contributed by atoms with Crippen LogP contribution in [0, 0.1) is 24.0 Å². The number of hydrogen-bond acceptors (Lipinski definition) is 11. The van der Waals surface area contributed by atoms with Crippen molar-refractivity contribution in [1.82, 2.24) is 4.98 Å². The number of aromatic nitrogens is 1. The fraction of sp³-hybridized carbons (Fsp3) is 0.276. The molecule has 1 amide bonds. The standard InChI is InChI=1S/C27H25N3O8S.C2H4O2/c1-13(2)38-19-10-9-17(11-14(19)3)22(31)20-21(16-7-6-8-18(12-16)30(35)36)29(25(33)23(20)32)27-28-15(4)24(39-27)26(34)37-5;1-2(3)4/h6-13,21,31H,1-5H3;1H3,(H,3,4). The number of carbonyl (C=O) groups is 4. The number of nitro benzene ring substituents is 1. The normalized spacial score (nSPS) is 15.6. The molecule has 0 radical (unpaired) electrons. The molecule has 43 heavy (non-hydrogen) atoms. The Kier molecular flexibility index (Phi) is 9.98. The number of anilines is 1. The molecule has 0 aliphatic carbocycles. The van der Waals surface area contributed by atoms with Crippen molar-refractivity contribution in [3.63, 3.8) is 0 Å². The van der Waals surface area contributed by atoms with Crippen molar-refractivity contribution in [2.24, 2.45) is 0 Å². The van der Waals surface area contributed by atoms with E-state index in [0.717, 1.165) is 23.2 Å². The second-order valence-electron chi connectivity index (χ2n) is 9.59. The predicted octanol–water partition coefficient (Wildman–Crippen LogP) is 4.96. The average molecular weight is 612 g/mol. The zero-order valence-electron chi connectivity index (χ0n) is 24.1. The topological polar surface area (TPSA) is 186 Å². The highest BCUT2D eigenvalue weighted by molar-refractivity contribution is 7.17. The maximum Gasteiger partial charge on any atom is 0.350 e. The van der Waals surface area contributed by atoms with E-state index in [9.17, 15) is 29.6 Å². The van der Waals surface area contributed by atoms with Gasteiger partial charge in [0.05, 0.1) is 35.4 Å². The number of ether oxygens (including phenoxy) is 2. The van der Waals surface area contributed by atoms with Gasteiger partial charge in [0.25, 0.3) is 17.4 Å². The smallest absolute Gasteiger partial charge is 0.350 e. The third-order valence-electron chi connectivity index (χ3n) is 6.01. The number of esters is 1. The Hall–Kier alpha value is -5.11. The van der Waals surface area contributed by atoms with Gasteiger partial charge in [0.1, 0.15) is 16.4 Å². The van der Waals surface area contributed by atoms with Crippen LogP contribution in [0.1, 0.15) is 58.9 Å². The molecule has 0 bridgehead atoms. The quantitative estimate of drug-likeness (QED) is 0.0918. The molecule has 2 heterocycles. The Morgan fingerprint density at radius 3 is 2.33 bits per heavy atom. The monoisotopic (exact) mass is 611 g/mol. The number of aliphatic hydroxyl groups is 1. The van der Waals surface area contributed by atoms with E-state index in [4.69, 9.17) is 19.4 Å². The molecule has 1 saturated heterocycles. The summed E-state index contributed by atoms with van der Waals surface area (Å²) in [7, 11) is 1.20. The Labute approximate surface area is 250 Å². The number of aliphatic hydroxyl groups excluding tert-OH is 1. The Bertz CT molecular complexity index is 1640. The van der Waals surface area contributed by atoms with Gasteiger partial charge in [-0.15, -0.1) is 0 Å². The van der Waals surface area contributed by atoms with Crippen molar-refractivity contribution >= 4 is 51.5 Å². The summed E-state index contributed by atoms with van der Waals surface area (Å²) in [5.74, 6) is -3.39. The SMILES string of the molecule is CC(=O)O.COC(=O)c1sc(N2C(=O)C(=O)C(=C(O)c3ccc(OC(C)C)c(C)c3)C2c2cccc([N+](=O)[O-])c2)nc1C. The molecule has 13 nitrogen and oxygen atoms in total. The van der Waals surface area contributed by atoms with Crippen LogP contribution in [0.15, 0.2) is 48.0 Å². The van der Waals surface area contributed by atoms with E-state index in [0.29, 0.717) is 11.3 Å². The molecule has 2 N–H and O–H groups in total. The zero-order chi connectivity index (χ0) is 32.2. The molecular formula is C29H29N3O10S. The van der Waals surface area contributed by atoms with Gasteiger partial charge >= 0.3 is 11.9 Å². The molecule has 4 rings (SSSR count). The van der Waals surface area contributed by atoms with Crippen LogP contribution in [0.5, 0.6) is 5.75 Å². The van der Waals surface area contributed by atoms with Crippen molar-refractivity contribution in [1.29, 1.82) is 0 Å². The predicted molar refractivity (Wildman–Crippen MR) is 156 cm³/mol. The second-order valence-corrected chi connectivity index (χ2v) is 10.6. The van der Waals surface area contributed by atoms with Gasteiger partial charge in [-0.2, -0.15) is 0 Å². The first-order chi connectivity index (χ1) is 20.2. The number of nitro groups is 1. The molecule has 1 fully saturated rings. The lowest BCUT2D eigenvalue weighted by atomic mass is 9.94. The van der Waals surface area contributed by atoms with E-state index in [1.54, 1.807) is 32.0 Å². The third kappa shape index (κ3) is 7.04. The van der Waals surface area contributed by atoms with Gasteiger partial charge in [0, 0.05) is 24.6 Å². The largest absolute Gasteiger partial charge is 0.507 e. The first kappa shape index (κ1) is 32.4. The molecule has 0 spiro atoms. The van der Waals surface area contributed by atoms with E-state index < -0.39 is 40.4 Å². The fourth-order valence-corrected chi connectivity index (χ4v) is 5.27. The summed E-state index contributed by atoms with van der Waals surface area (Å²) in [6.07, 6.45) is -0.0843. The summed E-state index contributed by atoms with van der Waals surface area (Å²) in [5, 5.41) is 30.3. The minimum Gasteiger partial charge on any atom is -0.507 e. The molecule has 1 unspecified atom stereocenters. The summed E-state index contributed by atoms with van der Waals surface area (Å²) in [6.45, 7) is 8.16. The third-order valence-corrected chi connectivity index (χ3v) is 7.15. The molecule has 1 aromatic heterocycles. The Morgan fingerprint density at radius 2 is 1.77 bits per heavy atom. The lowest BCUT2D eigenvalue weighted by Crippen LogP contribution is -2.29. The number of methoxy groups -OCH3 is 1. The average Bonchev–Trinajstić information content (AvgIpc) is 3.44. The van der Waals surface area contributed by atoms with Crippen molar-refractivity contribution in [3.8, 4) is 5.75 Å². The number of ketones is 1. The fourth-order valence-electron chi connectivity index (χ4n) is 4.26. The van der Waals surface area contributed by atoms with Crippen LogP contribution >= 0.6 is 11.3 Å². The van der Waals surface area contributed by atoms with Gasteiger partial charge in [-0.3, -0.25) is 29.4 Å². The van der Waals surface area contributed by atoms with Crippen molar-refractivity contribution in [3.05, 3.63) is 85.4 Å². The number of aryl methyl sites for hydroxylation is 2. The molecule has 14 heteroatoms. The van der Waals surface area contributed by atoms with E-state index in [1.165, 1.54) is 31.4 Å². The highest BCUT2D eigenvalue weighted by atomic mass is 32.1. The number of carboxylic acids is 1. The highest BCUT2D eigenvalue weighted by Crippen LogP contribution is 2.44. The number of amides is 1. The molecule has 1 aliphatic heterocycles. The van der Waals surface area contributed by atoms with Crippen LogP contribution < -0.4 is 9.64 Å². The molecule has 1 atom stereocenters. The lowest BCUT2D eigenvalue weighted by molar-refractivity contribution is -0.384. The molecule has 1 aliphatic rings. The van der Waals surface area contributed by atoms with E-state index in [-0.39, 0.29) is 44.2 Å². The van der Waals surface area contributed by atoms with Gasteiger partial charge < -0.3 is 19.7 Å². The summed E-state index contributed by atoms with van der Waals surface area (Å²) in [5.41, 5.74) is 0.876. The number of benzene rings is 2. The van der Waals surface area contributed by atoms with Crippen LogP contribution in [0.3, 0.4) is 0 Å². The van der Waals surface area contributed by atoms with Crippen molar-refractivity contribution in [2.75, 3.05) is 12.0 Å². The zero-order valence-corrected chi connectivity index (χ0v) is 24.9. The first-order valence-corrected chi connectivity index (χ1v) is 13.6. The number of carbonyl (C=O) groups excluding carboxylic acids is 3. The molecular weight excluding hydrogens is 582 g/mol.